The van der Waals surface area contributed by atoms with Crippen LogP contribution in [0.4, 0.5) is 0 Å². The monoisotopic (exact) mass is 142 g/mol. The summed E-state index contributed by atoms with van der Waals surface area (Å²) in [6, 6.07) is 1.57. The maximum atomic E-state index is 5.86. The van der Waals surface area contributed by atoms with Gasteiger partial charge in [0, 0.05) is 18.1 Å². The van der Waals surface area contributed by atoms with E-state index < -0.39 is 0 Å². The summed E-state index contributed by atoms with van der Waals surface area (Å²) < 4.78 is 0. The quantitative estimate of drug-likeness (QED) is 0.600. The van der Waals surface area contributed by atoms with Gasteiger partial charge in [-0.15, -0.1) is 0 Å². The molecule has 3 N–H and O–H groups in total. The van der Waals surface area contributed by atoms with Crippen LogP contribution in [0.2, 0.25) is 0 Å². The van der Waals surface area contributed by atoms with Gasteiger partial charge in [0.2, 0.25) is 0 Å². The van der Waals surface area contributed by atoms with Gasteiger partial charge in [-0.2, -0.15) is 0 Å². The molecule has 1 saturated carbocycles. The Hall–Kier alpha value is -0.0800. The van der Waals surface area contributed by atoms with Crippen molar-refractivity contribution in [2.45, 2.75) is 51.2 Å². The summed E-state index contributed by atoms with van der Waals surface area (Å²) >= 11 is 0. The van der Waals surface area contributed by atoms with Crippen molar-refractivity contribution in [1.82, 2.24) is 5.32 Å². The van der Waals surface area contributed by atoms with E-state index in [2.05, 4.69) is 19.2 Å². The van der Waals surface area contributed by atoms with Crippen molar-refractivity contribution in [1.29, 1.82) is 0 Å². The average molecular weight is 142 g/mol. The zero-order valence-electron chi connectivity index (χ0n) is 6.93. The van der Waals surface area contributed by atoms with Crippen molar-refractivity contribution < 1.29 is 0 Å². The molecule has 2 unspecified atom stereocenters. The minimum atomic E-state index is 0.405. The van der Waals surface area contributed by atoms with Crippen molar-refractivity contribution in [2.75, 3.05) is 0 Å². The average Bonchev–Trinajstić information content (AvgIpc) is 2.15. The zero-order chi connectivity index (χ0) is 7.56. The molecular weight excluding hydrogens is 124 g/mol. The first kappa shape index (κ1) is 8.02. The third kappa shape index (κ3) is 1.96. The summed E-state index contributed by atoms with van der Waals surface area (Å²) in [6.07, 6.45) is 3.76. The Kier molecular flexibility index (Phi) is 2.69. The molecule has 2 atom stereocenters. The molecule has 0 aromatic rings. The van der Waals surface area contributed by atoms with Gasteiger partial charge in [-0.25, -0.2) is 0 Å². The first-order valence-electron chi connectivity index (χ1n) is 4.22. The van der Waals surface area contributed by atoms with Crippen LogP contribution in [-0.2, 0) is 0 Å². The molecule has 0 radical (unpaired) electrons. The van der Waals surface area contributed by atoms with E-state index in [1.807, 2.05) is 0 Å². The van der Waals surface area contributed by atoms with Crippen molar-refractivity contribution >= 4 is 0 Å². The van der Waals surface area contributed by atoms with E-state index in [1.54, 1.807) is 0 Å². The van der Waals surface area contributed by atoms with Crippen molar-refractivity contribution in [2.24, 2.45) is 5.73 Å². The Morgan fingerprint density at radius 2 is 2.10 bits per heavy atom. The van der Waals surface area contributed by atoms with E-state index >= 15 is 0 Å². The van der Waals surface area contributed by atoms with Gasteiger partial charge < -0.3 is 11.1 Å². The molecule has 1 aliphatic carbocycles. The van der Waals surface area contributed by atoms with Crippen LogP contribution in [0.25, 0.3) is 0 Å². The fraction of sp³-hybridized carbons (Fsp3) is 1.00. The topological polar surface area (TPSA) is 38.0 Å². The normalized spacial score (nSPS) is 33.6. The Bertz CT molecular complexity index is 101. The Morgan fingerprint density at radius 1 is 1.40 bits per heavy atom. The number of hydrogen-bond acceptors (Lipinski definition) is 2. The molecule has 0 aliphatic heterocycles. The van der Waals surface area contributed by atoms with E-state index in [1.165, 1.54) is 19.3 Å². The predicted molar refractivity (Wildman–Crippen MR) is 43.9 cm³/mol. The highest BCUT2D eigenvalue weighted by Gasteiger charge is 2.23. The van der Waals surface area contributed by atoms with Gasteiger partial charge in [-0.3, -0.25) is 0 Å². The molecule has 0 heterocycles. The SMILES string of the molecule is CC(C)NC1CCCC1N. The predicted octanol–water partition coefficient (Wildman–Crippen LogP) is 0.864. The molecule has 2 heteroatoms. The van der Waals surface area contributed by atoms with E-state index in [-0.39, 0.29) is 0 Å². The van der Waals surface area contributed by atoms with Gasteiger partial charge >= 0.3 is 0 Å². The minimum Gasteiger partial charge on any atom is -0.326 e. The Labute approximate surface area is 63.2 Å². The third-order valence-corrected chi connectivity index (χ3v) is 2.12. The smallest absolute Gasteiger partial charge is 0.0221 e. The van der Waals surface area contributed by atoms with Gasteiger partial charge in [0.05, 0.1) is 0 Å². The maximum absolute atomic E-state index is 5.86. The standard InChI is InChI=1S/C8H18N2/c1-6(2)10-8-5-3-4-7(8)9/h6-8,10H,3-5,9H2,1-2H3. The molecule has 1 aliphatic rings. The van der Waals surface area contributed by atoms with E-state index in [9.17, 15) is 0 Å². The van der Waals surface area contributed by atoms with Crippen LogP contribution in [-0.4, -0.2) is 18.1 Å². The highest BCUT2D eigenvalue weighted by Crippen LogP contribution is 2.17. The van der Waals surface area contributed by atoms with Gasteiger partial charge in [-0.05, 0) is 12.8 Å². The largest absolute Gasteiger partial charge is 0.326 e. The number of rotatable bonds is 2. The molecule has 1 fully saturated rings. The van der Waals surface area contributed by atoms with Gasteiger partial charge in [0.1, 0.15) is 0 Å². The molecular formula is C8H18N2. The third-order valence-electron chi connectivity index (χ3n) is 2.12. The fourth-order valence-corrected chi connectivity index (χ4v) is 1.62. The lowest BCUT2D eigenvalue weighted by Crippen LogP contribution is -2.43. The fourth-order valence-electron chi connectivity index (χ4n) is 1.62. The van der Waals surface area contributed by atoms with Crippen molar-refractivity contribution in [3.05, 3.63) is 0 Å². The Balaban J connectivity index is 2.26. The van der Waals surface area contributed by atoms with Crippen molar-refractivity contribution in [3.8, 4) is 0 Å². The molecule has 60 valence electrons. The van der Waals surface area contributed by atoms with E-state index in [0.29, 0.717) is 18.1 Å². The summed E-state index contributed by atoms with van der Waals surface area (Å²) in [5.41, 5.74) is 5.86. The lowest BCUT2D eigenvalue weighted by Gasteiger charge is -2.19. The summed E-state index contributed by atoms with van der Waals surface area (Å²) in [5, 5.41) is 3.47. The summed E-state index contributed by atoms with van der Waals surface area (Å²) in [7, 11) is 0. The van der Waals surface area contributed by atoms with Crippen LogP contribution in [0.15, 0.2) is 0 Å². The van der Waals surface area contributed by atoms with Crippen LogP contribution >= 0.6 is 0 Å². The van der Waals surface area contributed by atoms with Gasteiger partial charge in [0.15, 0.2) is 0 Å². The zero-order valence-corrected chi connectivity index (χ0v) is 6.93. The van der Waals surface area contributed by atoms with Crippen molar-refractivity contribution in [3.63, 3.8) is 0 Å². The number of hydrogen-bond donors (Lipinski definition) is 2. The summed E-state index contributed by atoms with van der Waals surface area (Å²) in [4.78, 5) is 0. The van der Waals surface area contributed by atoms with Crippen LogP contribution in [0, 0.1) is 0 Å². The number of nitrogens with two attached hydrogens (primary N) is 1. The van der Waals surface area contributed by atoms with E-state index in [4.69, 9.17) is 5.73 Å². The summed E-state index contributed by atoms with van der Waals surface area (Å²) in [5.74, 6) is 0. The van der Waals surface area contributed by atoms with Crippen LogP contribution in [0.1, 0.15) is 33.1 Å². The highest BCUT2D eigenvalue weighted by atomic mass is 15.0. The molecule has 0 spiro atoms. The van der Waals surface area contributed by atoms with Gasteiger partial charge in [-0.1, -0.05) is 20.3 Å². The molecule has 10 heavy (non-hydrogen) atoms. The lowest BCUT2D eigenvalue weighted by atomic mass is 10.1. The number of nitrogens with one attached hydrogen (secondary N) is 1. The first-order valence-corrected chi connectivity index (χ1v) is 4.22. The first-order chi connectivity index (χ1) is 4.70. The highest BCUT2D eigenvalue weighted by molar-refractivity contribution is 4.86. The Morgan fingerprint density at radius 3 is 2.50 bits per heavy atom. The molecule has 2 nitrogen and oxygen atoms in total. The molecule has 0 aromatic heterocycles. The van der Waals surface area contributed by atoms with Crippen LogP contribution < -0.4 is 11.1 Å². The second kappa shape index (κ2) is 3.35. The van der Waals surface area contributed by atoms with Crippen LogP contribution in [0.3, 0.4) is 0 Å². The second-order valence-electron chi connectivity index (χ2n) is 3.52. The second-order valence-corrected chi connectivity index (χ2v) is 3.52. The molecule has 0 amide bonds. The molecule has 0 bridgehead atoms. The summed E-state index contributed by atoms with van der Waals surface area (Å²) in [6.45, 7) is 4.34. The van der Waals surface area contributed by atoms with E-state index in [0.717, 1.165) is 0 Å². The molecule has 1 rings (SSSR count). The molecule has 0 aromatic carbocycles. The lowest BCUT2D eigenvalue weighted by molar-refractivity contribution is 0.435. The minimum absolute atomic E-state index is 0.405. The maximum Gasteiger partial charge on any atom is 0.0221 e. The van der Waals surface area contributed by atoms with Gasteiger partial charge in [0.25, 0.3) is 0 Å². The van der Waals surface area contributed by atoms with Crippen LogP contribution in [0.5, 0.6) is 0 Å². The molecule has 0 saturated heterocycles.